The molecule has 6 N–H and O–H groups in total. The Balaban J connectivity index is 0.000000233. The highest BCUT2D eigenvalue weighted by molar-refractivity contribution is 14.1. The number of rotatable bonds is 8. The van der Waals surface area contributed by atoms with E-state index in [9.17, 15) is 94.9 Å². The van der Waals surface area contributed by atoms with Crippen LogP contribution < -0.4 is 61.2 Å². The molecule has 5 heterocycles. The van der Waals surface area contributed by atoms with E-state index < -0.39 is 121 Å². The van der Waals surface area contributed by atoms with Crippen molar-refractivity contribution in [2.75, 3.05) is 24.7 Å². The van der Waals surface area contributed by atoms with Crippen molar-refractivity contribution < 1.29 is 66.7 Å². The molecule has 0 fully saturated rings. The molecule has 4 aromatic carbocycles. The Labute approximate surface area is 631 Å². The highest BCUT2D eigenvalue weighted by Crippen LogP contribution is 2.33. The summed E-state index contributed by atoms with van der Waals surface area (Å²) in [6.07, 6.45) is 0. The summed E-state index contributed by atoms with van der Waals surface area (Å²) in [7, 11) is 10.0. The summed E-state index contributed by atoms with van der Waals surface area (Å²) in [5, 5.41) is 41.8. The molecule has 0 aliphatic heterocycles. The quantitative estimate of drug-likeness (QED) is 0.0444. The van der Waals surface area contributed by atoms with E-state index in [2.05, 4.69) is 15.4 Å². The van der Waals surface area contributed by atoms with Crippen molar-refractivity contribution >= 4 is 148 Å². The van der Waals surface area contributed by atoms with Crippen LogP contribution >= 0.6 is 90.4 Å². The largest absolute Gasteiger partial charge is 0.507 e. The van der Waals surface area contributed by atoms with E-state index in [1.807, 2.05) is 90.4 Å². The maximum Gasteiger partial charge on any atom is 0.337 e. The molecule has 1 unspecified atom stereocenters. The van der Waals surface area contributed by atoms with Crippen molar-refractivity contribution in [2.45, 2.75) is 47.5 Å². The SMILES string of the molecule is CC(=O)OC(C)=O.CC(C(=O)O)C(=O)O.CC1=C(O)c2c(n(C)c(=O)n(-c3ccc(I)cc3F)c2=O)C(C)C1=O.CNc1cc(=O)n(-c2ccc(I)cc2F)c(=O)n1C.CNc1cc(=O)n(C)c(=O)n1-c1ccc(I)cc1F.Cc1c(O)c2c(=O)n(C)c(=O)n(-c3ccc(I)cc3F)c2n(C)c1=O. The van der Waals surface area contributed by atoms with Gasteiger partial charge in [0, 0.05) is 101 Å². The Morgan fingerprint density at radius 1 is 0.495 bits per heavy atom. The number of esters is 2. The van der Waals surface area contributed by atoms with Gasteiger partial charge in [-0.15, -0.1) is 0 Å². The maximum atomic E-state index is 14.5. The van der Waals surface area contributed by atoms with Gasteiger partial charge in [0.05, 0.1) is 34.2 Å². The molecule has 38 heteroatoms. The number of hydrogen-bond acceptors (Lipinski definition) is 19. The topological polar surface area (TPSA) is 398 Å². The Kier molecular flexibility index (Phi) is 28.4. The second-order valence-electron chi connectivity index (χ2n) is 21.8. The van der Waals surface area contributed by atoms with E-state index in [4.69, 9.17) is 10.2 Å². The van der Waals surface area contributed by atoms with Gasteiger partial charge in [-0.25, -0.2) is 55.0 Å². The number of aliphatic carboxylic acids is 2. The van der Waals surface area contributed by atoms with Crippen molar-refractivity contribution in [3.05, 3.63) is 239 Å². The highest BCUT2D eigenvalue weighted by Gasteiger charge is 2.36. The van der Waals surface area contributed by atoms with Gasteiger partial charge in [0.2, 0.25) is 0 Å². The van der Waals surface area contributed by atoms with Crippen LogP contribution in [0.5, 0.6) is 5.75 Å². The van der Waals surface area contributed by atoms with Crippen LogP contribution in [0.25, 0.3) is 39.5 Å². The first-order valence-corrected chi connectivity index (χ1v) is 33.6. The predicted octanol–water partition coefficient (Wildman–Crippen LogP) is 5.93. The summed E-state index contributed by atoms with van der Waals surface area (Å²) in [5.74, 6) is -9.09. The standard InChI is InChI=1S/C17H14FIN2O4.C16H13FIN3O4.2C12H11FIN3O2.C4H6O4.C4H6O3/c1-7-13-12(15(23)8(2)14(7)22)16(24)21(17(25)20(13)3)11-5-4-9(19)6-10(11)18;1-7-12(22)11-13(19(2)14(7)23)21(16(25)20(3)15(11)24)10-5-4-8(18)6-9(10)17;1-15-10-6-11(18)16(2)12(19)17(10)9-4-3-7(14)5-8(9)13;1-15-10-6-11(18)17(12(19)16(10)2)9-4-3-7(14)5-8(9)13;1-2(3(5)6)4(7)8;1-3(5)7-4(2)6/h4-7,23H,1-3H3;4-6,22H,1-3H3;2*3-6,15H,1-2H3;2H,1H3,(H,5,6)(H,7,8);1-2H3. The lowest BCUT2D eigenvalue weighted by atomic mass is 9.86. The molecule has 103 heavy (non-hydrogen) atoms. The first-order chi connectivity index (χ1) is 47.9. The van der Waals surface area contributed by atoms with Gasteiger partial charge in [-0.2, -0.15) is 0 Å². The van der Waals surface area contributed by atoms with Crippen LogP contribution in [0.3, 0.4) is 0 Å². The molecule has 546 valence electrons. The fourth-order valence-corrected chi connectivity index (χ4v) is 11.4. The number of carboxylic acids is 2. The van der Waals surface area contributed by atoms with Crippen molar-refractivity contribution in [3.8, 4) is 28.5 Å². The lowest BCUT2D eigenvalue weighted by molar-refractivity contribution is -0.157. The van der Waals surface area contributed by atoms with E-state index in [0.717, 1.165) is 42.5 Å². The summed E-state index contributed by atoms with van der Waals surface area (Å²) in [4.78, 5) is 162. The van der Waals surface area contributed by atoms with Gasteiger partial charge >= 0.3 is 46.6 Å². The van der Waals surface area contributed by atoms with E-state index in [1.165, 1.54) is 128 Å². The van der Waals surface area contributed by atoms with Crippen molar-refractivity contribution in [2.24, 2.45) is 41.2 Å². The van der Waals surface area contributed by atoms with Gasteiger partial charge < -0.3 is 35.8 Å². The average Bonchev–Trinajstić information content (AvgIpc) is 0.736. The van der Waals surface area contributed by atoms with Gasteiger partial charge in [0.15, 0.2) is 11.7 Å². The summed E-state index contributed by atoms with van der Waals surface area (Å²) in [5.41, 5.74) is -6.47. The number of halogens is 8. The molecule has 5 aromatic heterocycles. The van der Waals surface area contributed by atoms with Crippen molar-refractivity contribution in [1.29, 1.82) is 0 Å². The first kappa shape index (κ1) is 83.8. The number of allylic oxidation sites excluding steroid dienone is 1. The van der Waals surface area contributed by atoms with Crippen LogP contribution in [-0.2, 0) is 63.9 Å². The zero-order chi connectivity index (χ0) is 78.2. The molecule has 0 saturated carbocycles. The summed E-state index contributed by atoms with van der Waals surface area (Å²) in [6.45, 7) is 7.83. The molecule has 1 atom stereocenters. The number of nitrogens with zero attached hydrogens (tertiary/aromatic N) is 9. The molecule has 0 spiro atoms. The molecule has 1 aliphatic carbocycles. The number of pyridine rings is 1. The Hall–Kier alpha value is -9.86. The smallest absolute Gasteiger partial charge is 0.337 e. The second kappa shape index (κ2) is 34.9. The molecule has 0 radical (unpaired) electrons. The van der Waals surface area contributed by atoms with Crippen LogP contribution in [0.4, 0.5) is 29.2 Å². The molecular formula is C65H61F4I4N11O19. The van der Waals surface area contributed by atoms with Gasteiger partial charge in [0.1, 0.15) is 63.0 Å². The maximum absolute atomic E-state index is 14.5. The number of aromatic hydroxyl groups is 1. The predicted molar refractivity (Wildman–Crippen MR) is 404 cm³/mol. The number of aryl methyl sites for hydroxylation is 1. The third-order valence-corrected chi connectivity index (χ3v) is 17.7. The lowest BCUT2D eigenvalue weighted by Gasteiger charge is -2.25. The zero-order valence-electron chi connectivity index (χ0n) is 56.2. The number of carbonyl (C=O) groups is 5. The van der Waals surface area contributed by atoms with Crippen molar-refractivity contribution in [3.63, 3.8) is 0 Å². The third kappa shape index (κ3) is 18.3. The molecule has 10 rings (SSSR count). The van der Waals surface area contributed by atoms with Gasteiger partial charge in [0.25, 0.3) is 27.8 Å². The molecule has 0 saturated heterocycles. The number of fused-ring (bicyclic) bond motifs is 2. The molecular weight excluding hydrogens is 1820 g/mol. The third-order valence-electron chi connectivity index (χ3n) is 15.0. The van der Waals surface area contributed by atoms with Crippen LogP contribution in [0.2, 0.25) is 0 Å². The highest BCUT2D eigenvalue weighted by atomic mass is 127. The van der Waals surface area contributed by atoms with Gasteiger partial charge in [-0.05, 0) is 191 Å². The van der Waals surface area contributed by atoms with Gasteiger partial charge in [-0.3, -0.25) is 70.8 Å². The number of ether oxygens (including phenoxy) is 1. The Morgan fingerprint density at radius 3 is 1.26 bits per heavy atom. The normalized spacial score (nSPS) is 12.0. The van der Waals surface area contributed by atoms with Crippen LogP contribution in [0.15, 0.2) is 134 Å². The number of ketones is 1. The fourth-order valence-electron chi connectivity index (χ4n) is 9.59. The lowest BCUT2D eigenvalue weighted by Crippen LogP contribution is -2.44. The summed E-state index contributed by atoms with van der Waals surface area (Å²) < 4.78 is 72.0. The van der Waals surface area contributed by atoms with Crippen molar-refractivity contribution in [1.82, 2.24) is 41.1 Å². The molecule has 0 bridgehead atoms. The monoisotopic (exact) mass is 1880 g/mol. The van der Waals surface area contributed by atoms with E-state index in [-0.39, 0.29) is 67.8 Å². The number of aliphatic hydroxyl groups is 1. The van der Waals surface area contributed by atoms with Crippen LogP contribution in [-0.4, -0.2) is 105 Å². The fraction of sp³-hybridized carbons (Fsp3) is 0.231. The number of carbonyl (C=O) groups excluding carboxylic acids is 3. The first-order valence-electron chi connectivity index (χ1n) is 29.2. The molecule has 0 amide bonds. The molecule has 1 aliphatic rings. The van der Waals surface area contributed by atoms with E-state index in [1.54, 1.807) is 45.3 Å². The summed E-state index contributed by atoms with van der Waals surface area (Å²) in [6, 6.07) is 19.6. The number of benzene rings is 4. The number of aliphatic hydroxyl groups excluding tert-OH is 1. The van der Waals surface area contributed by atoms with E-state index in [0.29, 0.717) is 21.1 Å². The minimum absolute atomic E-state index is 0.0274. The molecule has 30 nitrogen and oxygen atoms in total. The van der Waals surface area contributed by atoms with Crippen LogP contribution in [0.1, 0.15) is 57.4 Å². The Morgan fingerprint density at radius 2 is 0.874 bits per heavy atom. The minimum atomic E-state index is -1.31. The average molecular weight is 1880 g/mol. The number of Topliss-reactive ketones (excluding diaryl/α,β-unsaturated/α-hetero) is 1. The molecule has 9 aromatic rings. The van der Waals surface area contributed by atoms with Crippen LogP contribution in [0, 0.1) is 50.4 Å². The number of carboxylic acid groups (broad SMARTS) is 2. The second-order valence-corrected chi connectivity index (χ2v) is 26.8. The zero-order valence-corrected chi connectivity index (χ0v) is 64.8. The minimum Gasteiger partial charge on any atom is -0.507 e. The number of aromatic nitrogens is 9. The number of anilines is 2. The van der Waals surface area contributed by atoms with E-state index >= 15 is 0 Å². The number of nitrogens with one attached hydrogen (secondary N) is 2. The number of hydrogen-bond donors (Lipinski definition) is 6. The Bertz CT molecular complexity index is 5570. The summed E-state index contributed by atoms with van der Waals surface area (Å²) >= 11 is 7.78. The van der Waals surface area contributed by atoms with Gasteiger partial charge in [-0.1, -0.05) is 0 Å².